The molecule has 1 atom stereocenters. The molecule has 0 spiro atoms. The number of hydrogen-bond donors (Lipinski definition) is 0. The van der Waals surface area contributed by atoms with E-state index >= 15 is 0 Å². The fourth-order valence-corrected chi connectivity index (χ4v) is 3.10. The summed E-state index contributed by atoms with van der Waals surface area (Å²) in [4.78, 5) is 2.08. The number of likely N-dealkylation sites (N-methyl/N-ethyl adjacent to an activating group) is 1. The van der Waals surface area contributed by atoms with Gasteiger partial charge in [-0.05, 0) is 35.4 Å². The fourth-order valence-electron chi connectivity index (χ4n) is 3.10. The van der Waals surface area contributed by atoms with Crippen LogP contribution < -0.4 is 0 Å². The summed E-state index contributed by atoms with van der Waals surface area (Å²) in [6, 6.07) is 13.7. The van der Waals surface area contributed by atoms with Gasteiger partial charge in [-0.1, -0.05) is 49.4 Å². The predicted octanol–water partition coefficient (Wildman–Crippen LogP) is 5.10. The van der Waals surface area contributed by atoms with E-state index in [1.807, 2.05) is 49.4 Å². The van der Waals surface area contributed by atoms with Crippen molar-refractivity contribution in [2.45, 2.75) is 25.6 Å². The van der Waals surface area contributed by atoms with E-state index in [-0.39, 0.29) is 12.5 Å². The van der Waals surface area contributed by atoms with E-state index in [2.05, 4.69) is 4.90 Å². The van der Waals surface area contributed by atoms with Gasteiger partial charge in [-0.15, -0.1) is 0 Å². The lowest BCUT2D eigenvalue weighted by molar-refractivity contribution is -0.0979. The van der Waals surface area contributed by atoms with Crippen molar-refractivity contribution in [3.05, 3.63) is 59.7 Å². The second kappa shape index (κ2) is 5.76. The van der Waals surface area contributed by atoms with Crippen LogP contribution in [-0.4, -0.2) is 24.2 Å². The highest BCUT2D eigenvalue weighted by atomic mass is 19.4. The first kappa shape index (κ1) is 15.1. The largest absolute Gasteiger partial charge is 0.412 e. The molecule has 0 radical (unpaired) electrons. The van der Waals surface area contributed by atoms with Crippen molar-refractivity contribution in [2.24, 2.45) is 0 Å². The monoisotopic (exact) mass is 305 g/mol. The van der Waals surface area contributed by atoms with Crippen LogP contribution in [0.3, 0.4) is 0 Å². The maximum absolute atomic E-state index is 13.0. The zero-order valence-electron chi connectivity index (χ0n) is 12.4. The molecule has 0 aromatic heterocycles. The molecule has 1 aliphatic rings. The Bertz CT molecular complexity index is 703. The van der Waals surface area contributed by atoms with Gasteiger partial charge in [0.15, 0.2) is 0 Å². The first-order chi connectivity index (χ1) is 10.5. The number of halogens is 3. The second-order valence-corrected chi connectivity index (χ2v) is 5.64. The smallest absolute Gasteiger partial charge is 0.293 e. The zero-order valence-corrected chi connectivity index (χ0v) is 12.4. The SMILES string of the molecule is CCN1CC=C(C(F)(F)F)CC1c1ccc2ccccc2c1. The molecule has 0 bridgehead atoms. The van der Waals surface area contributed by atoms with Gasteiger partial charge in [0.25, 0.3) is 0 Å². The molecule has 0 saturated carbocycles. The van der Waals surface area contributed by atoms with Crippen molar-refractivity contribution < 1.29 is 13.2 Å². The molecule has 0 aliphatic carbocycles. The summed E-state index contributed by atoms with van der Waals surface area (Å²) in [6.45, 7) is 3.07. The Morgan fingerprint density at radius 2 is 1.82 bits per heavy atom. The van der Waals surface area contributed by atoms with Gasteiger partial charge < -0.3 is 0 Å². The number of hydrogen-bond acceptors (Lipinski definition) is 1. The molecule has 1 heterocycles. The Morgan fingerprint density at radius 1 is 1.09 bits per heavy atom. The first-order valence-electron chi connectivity index (χ1n) is 7.48. The number of fused-ring (bicyclic) bond motifs is 1. The van der Waals surface area contributed by atoms with Crippen molar-refractivity contribution in [3.8, 4) is 0 Å². The van der Waals surface area contributed by atoms with Crippen molar-refractivity contribution >= 4 is 10.8 Å². The number of benzene rings is 2. The van der Waals surface area contributed by atoms with Gasteiger partial charge in [0, 0.05) is 18.2 Å². The first-order valence-corrected chi connectivity index (χ1v) is 7.48. The van der Waals surface area contributed by atoms with E-state index in [0.717, 1.165) is 22.9 Å². The topological polar surface area (TPSA) is 3.24 Å². The van der Waals surface area contributed by atoms with Gasteiger partial charge in [0.2, 0.25) is 0 Å². The molecule has 116 valence electrons. The van der Waals surface area contributed by atoms with Crippen molar-refractivity contribution in [2.75, 3.05) is 13.1 Å². The van der Waals surface area contributed by atoms with Gasteiger partial charge in [0.05, 0.1) is 0 Å². The maximum atomic E-state index is 13.0. The summed E-state index contributed by atoms with van der Waals surface area (Å²) in [5.74, 6) is 0. The van der Waals surface area contributed by atoms with E-state index in [1.165, 1.54) is 6.08 Å². The average Bonchev–Trinajstić information content (AvgIpc) is 2.53. The van der Waals surface area contributed by atoms with Crippen LogP contribution in [0.4, 0.5) is 13.2 Å². The van der Waals surface area contributed by atoms with Crippen LogP contribution in [0.5, 0.6) is 0 Å². The van der Waals surface area contributed by atoms with E-state index < -0.39 is 11.7 Å². The maximum Gasteiger partial charge on any atom is 0.412 e. The molecule has 22 heavy (non-hydrogen) atoms. The molecule has 0 saturated heterocycles. The molecule has 2 aromatic rings. The molecule has 3 rings (SSSR count). The van der Waals surface area contributed by atoms with Crippen molar-refractivity contribution in [1.82, 2.24) is 4.90 Å². The highest BCUT2D eigenvalue weighted by Gasteiger charge is 2.38. The third kappa shape index (κ3) is 2.88. The molecule has 0 fully saturated rings. The van der Waals surface area contributed by atoms with Crippen LogP contribution in [0.25, 0.3) is 10.8 Å². The summed E-state index contributed by atoms with van der Waals surface area (Å²) in [5.41, 5.74) is 0.547. The van der Waals surface area contributed by atoms with E-state index in [1.54, 1.807) is 0 Å². The Kier molecular flexibility index (Phi) is 3.96. The summed E-state index contributed by atoms with van der Waals surface area (Å²) >= 11 is 0. The van der Waals surface area contributed by atoms with Gasteiger partial charge in [-0.2, -0.15) is 13.2 Å². The van der Waals surface area contributed by atoms with Gasteiger partial charge >= 0.3 is 6.18 Å². The lowest BCUT2D eigenvalue weighted by Gasteiger charge is -2.35. The number of nitrogens with zero attached hydrogens (tertiary/aromatic N) is 1. The minimum absolute atomic E-state index is 0.0235. The van der Waals surface area contributed by atoms with Crippen LogP contribution in [0.2, 0.25) is 0 Å². The van der Waals surface area contributed by atoms with Crippen molar-refractivity contribution in [1.29, 1.82) is 0 Å². The molecule has 1 nitrogen and oxygen atoms in total. The highest BCUT2D eigenvalue weighted by molar-refractivity contribution is 5.83. The van der Waals surface area contributed by atoms with Crippen LogP contribution in [0.15, 0.2) is 54.1 Å². The third-order valence-corrected chi connectivity index (χ3v) is 4.35. The van der Waals surface area contributed by atoms with E-state index in [4.69, 9.17) is 0 Å². The van der Waals surface area contributed by atoms with Crippen LogP contribution >= 0.6 is 0 Å². The Morgan fingerprint density at radius 3 is 2.50 bits per heavy atom. The number of rotatable bonds is 2. The van der Waals surface area contributed by atoms with Crippen molar-refractivity contribution in [3.63, 3.8) is 0 Å². The van der Waals surface area contributed by atoms with Gasteiger partial charge in [-0.3, -0.25) is 4.90 Å². The van der Waals surface area contributed by atoms with Gasteiger partial charge in [-0.25, -0.2) is 0 Å². The molecule has 1 aliphatic heterocycles. The van der Waals surface area contributed by atoms with Gasteiger partial charge in [0.1, 0.15) is 0 Å². The summed E-state index contributed by atoms with van der Waals surface area (Å²) in [6.07, 6.45) is -2.88. The van der Waals surface area contributed by atoms with Crippen LogP contribution in [-0.2, 0) is 0 Å². The Hall–Kier alpha value is -1.81. The Balaban J connectivity index is 1.97. The van der Waals surface area contributed by atoms with Crippen LogP contribution in [0.1, 0.15) is 24.9 Å². The standard InChI is InChI=1S/C18H18F3N/c1-2-22-10-9-16(18(19,20)21)12-17(22)15-8-7-13-5-3-4-6-14(13)11-15/h3-9,11,17H,2,10,12H2,1H3. The highest BCUT2D eigenvalue weighted by Crippen LogP contribution is 2.39. The summed E-state index contributed by atoms with van der Waals surface area (Å²) < 4.78 is 39.1. The average molecular weight is 305 g/mol. The second-order valence-electron chi connectivity index (χ2n) is 5.64. The Labute approximate surface area is 128 Å². The molecular weight excluding hydrogens is 287 g/mol. The number of alkyl halides is 3. The quantitative estimate of drug-likeness (QED) is 0.698. The molecule has 2 aromatic carbocycles. The molecule has 1 unspecified atom stereocenters. The lowest BCUT2D eigenvalue weighted by Crippen LogP contribution is -2.35. The normalized spacial score (nSPS) is 20.2. The fraction of sp³-hybridized carbons (Fsp3) is 0.333. The predicted molar refractivity (Wildman–Crippen MR) is 82.7 cm³/mol. The lowest BCUT2D eigenvalue weighted by atomic mass is 9.92. The minimum Gasteiger partial charge on any atom is -0.293 e. The molecule has 0 amide bonds. The molecule has 0 N–H and O–H groups in total. The summed E-state index contributed by atoms with van der Waals surface area (Å²) in [7, 11) is 0. The molecular formula is C18H18F3N. The van der Waals surface area contributed by atoms with E-state index in [9.17, 15) is 13.2 Å². The van der Waals surface area contributed by atoms with Crippen LogP contribution in [0, 0.1) is 0 Å². The summed E-state index contributed by atoms with van der Waals surface area (Å²) in [5, 5.41) is 2.18. The zero-order chi connectivity index (χ0) is 15.7. The minimum atomic E-state index is -4.23. The van der Waals surface area contributed by atoms with E-state index in [0.29, 0.717) is 6.54 Å². The third-order valence-electron chi connectivity index (χ3n) is 4.35. The molecule has 4 heteroatoms.